The van der Waals surface area contributed by atoms with E-state index in [1.54, 1.807) is 17.0 Å². The van der Waals surface area contributed by atoms with Crippen molar-refractivity contribution in [3.8, 4) is 17.2 Å². The summed E-state index contributed by atoms with van der Waals surface area (Å²) in [4.78, 5) is 36.5. The first-order chi connectivity index (χ1) is 18.6. The van der Waals surface area contributed by atoms with Gasteiger partial charge in [0.05, 0.1) is 41.3 Å². The molecule has 0 radical (unpaired) electrons. The van der Waals surface area contributed by atoms with E-state index in [1.807, 2.05) is 54.6 Å². The van der Waals surface area contributed by atoms with Crippen LogP contribution in [0.25, 0.3) is 11.1 Å². The molecule has 1 saturated carbocycles. The third-order valence-corrected chi connectivity index (χ3v) is 7.80. The largest absolute Gasteiger partial charge is 0.338 e. The molecule has 4 aromatic rings. The molecular formula is C32H28N4O2. The Kier molecular flexibility index (Phi) is 6.13. The molecule has 0 spiro atoms. The Hall–Kier alpha value is -4.50. The summed E-state index contributed by atoms with van der Waals surface area (Å²) in [6.45, 7) is 0.882. The van der Waals surface area contributed by atoms with E-state index >= 15 is 0 Å². The van der Waals surface area contributed by atoms with Crippen LogP contribution in [-0.2, 0) is 29.6 Å². The maximum Gasteiger partial charge on any atom is 0.256 e. The lowest BCUT2D eigenvalue weighted by Crippen LogP contribution is -2.34. The van der Waals surface area contributed by atoms with Crippen LogP contribution in [0.2, 0.25) is 0 Å². The molecule has 1 N–H and O–H groups in total. The number of nitriles is 1. The van der Waals surface area contributed by atoms with E-state index in [0.29, 0.717) is 24.1 Å². The lowest BCUT2D eigenvalue weighted by atomic mass is 9.94. The van der Waals surface area contributed by atoms with Crippen LogP contribution in [0.1, 0.15) is 53.0 Å². The third-order valence-electron chi connectivity index (χ3n) is 7.80. The summed E-state index contributed by atoms with van der Waals surface area (Å²) in [6, 6.07) is 27.8. The van der Waals surface area contributed by atoms with Crippen molar-refractivity contribution in [3.63, 3.8) is 0 Å². The molecule has 0 atom stereocenters. The highest BCUT2D eigenvalue weighted by Crippen LogP contribution is 2.51. The van der Waals surface area contributed by atoms with Gasteiger partial charge in [-0.05, 0) is 60.1 Å². The second-order valence-electron chi connectivity index (χ2n) is 10.3. The van der Waals surface area contributed by atoms with Crippen molar-refractivity contribution in [1.29, 1.82) is 5.26 Å². The Morgan fingerprint density at radius 2 is 1.79 bits per heavy atom. The minimum absolute atomic E-state index is 0.00116. The number of fused-ring (bicyclic) bond motifs is 1. The first-order valence-corrected chi connectivity index (χ1v) is 13.1. The van der Waals surface area contributed by atoms with Gasteiger partial charge < -0.3 is 9.88 Å². The highest BCUT2D eigenvalue weighted by Gasteiger charge is 2.48. The topological polar surface area (TPSA) is 89.8 Å². The molecule has 188 valence electrons. The van der Waals surface area contributed by atoms with Crippen molar-refractivity contribution >= 4 is 5.91 Å². The zero-order valence-electron chi connectivity index (χ0n) is 21.1. The second-order valence-corrected chi connectivity index (χ2v) is 10.3. The number of benzene rings is 3. The number of hydrogen-bond acceptors (Lipinski definition) is 4. The Morgan fingerprint density at radius 3 is 2.53 bits per heavy atom. The summed E-state index contributed by atoms with van der Waals surface area (Å²) < 4.78 is 0. The smallest absolute Gasteiger partial charge is 0.256 e. The second kappa shape index (κ2) is 9.75. The summed E-state index contributed by atoms with van der Waals surface area (Å²) >= 11 is 0. The fourth-order valence-corrected chi connectivity index (χ4v) is 5.49. The molecule has 1 aromatic heterocycles. The minimum atomic E-state index is -0.197. The molecule has 2 aliphatic rings. The molecule has 6 rings (SSSR count). The molecule has 0 bridgehead atoms. The Bertz CT molecular complexity index is 1600. The van der Waals surface area contributed by atoms with Gasteiger partial charge in [-0.2, -0.15) is 5.26 Å². The van der Waals surface area contributed by atoms with Crippen LogP contribution in [0.3, 0.4) is 0 Å². The predicted octanol–water partition coefficient (Wildman–Crippen LogP) is 4.91. The van der Waals surface area contributed by atoms with Crippen LogP contribution in [0.5, 0.6) is 0 Å². The van der Waals surface area contributed by atoms with Crippen LogP contribution < -0.4 is 5.56 Å². The monoisotopic (exact) mass is 500 g/mol. The van der Waals surface area contributed by atoms with Crippen molar-refractivity contribution in [2.75, 3.05) is 6.54 Å². The molecule has 3 aromatic carbocycles. The van der Waals surface area contributed by atoms with Gasteiger partial charge in [0, 0.05) is 6.54 Å². The molecule has 6 nitrogen and oxygen atoms in total. The van der Waals surface area contributed by atoms with Gasteiger partial charge in [0.15, 0.2) is 0 Å². The van der Waals surface area contributed by atoms with Gasteiger partial charge in [-0.3, -0.25) is 9.59 Å². The number of aryl methyl sites for hydroxylation is 1. The predicted molar refractivity (Wildman–Crippen MR) is 145 cm³/mol. The zero-order valence-corrected chi connectivity index (χ0v) is 21.1. The van der Waals surface area contributed by atoms with Crippen LogP contribution in [-0.4, -0.2) is 27.3 Å². The van der Waals surface area contributed by atoms with Gasteiger partial charge in [0.2, 0.25) is 5.91 Å². The van der Waals surface area contributed by atoms with Gasteiger partial charge in [0.25, 0.3) is 5.56 Å². The fraction of sp³-hybridized carbons (Fsp3) is 0.250. The molecule has 1 amide bonds. The van der Waals surface area contributed by atoms with E-state index in [4.69, 9.17) is 10.2 Å². The fourth-order valence-electron chi connectivity index (χ4n) is 5.49. The molecule has 2 heterocycles. The van der Waals surface area contributed by atoms with Crippen LogP contribution in [0, 0.1) is 11.3 Å². The number of carbonyl (C=O) groups excluding carboxylic acids is 1. The van der Waals surface area contributed by atoms with E-state index in [0.717, 1.165) is 47.5 Å². The van der Waals surface area contributed by atoms with E-state index in [-0.39, 0.29) is 29.8 Å². The van der Waals surface area contributed by atoms with Crippen LogP contribution in [0.15, 0.2) is 83.7 Å². The van der Waals surface area contributed by atoms with Crippen molar-refractivity contribution in [2.45, 2.75) is 44.1 Å². The summed E-state index contributed by atoms with van der Waals surface area (Å²) in [6.07, 6.45) is 3.68. The summed E-state index contributed by atoms with van der Waals surface area (Å²) in [7, 11) is 0. The van der Waals surface area contributed by atoms with Crippen molar-refractivity contribution in [1.82, 2.24) is 14.9 Å². The number of amides is 1. The van der Waals surface area contributed by atoms with Gasteiger partial charge >= 0.3 is 0 Å². The van der Waals surface area contributed by atoms with E-state index < -0.39 is 0 Å². The van der Waals surface area contributed by atoms with Gasteiger partial charge in [-0.15, -0.1) is 0 Å². The molecule has 6 heteroatoms. The molecule has 0 unspecified atom stereocenters. The summed E-state index contributed by atoms with van der Waals surface area (Å²) in [5.41, 5.74) is 5.83. The van der Waals surface area contributed by atoms with Gasteiger partial charge in [-0.1, -0.05) is 66.7 Å². The molecule has 1 aliphatic carbocycles. The van der Waals surface area contributed by atoms with Crippen molar-refractivity contribution < 1.29 is 4.79 Å². The van der Waals surface area contributed by atoms with E-state index in [2.05, 4.69) is 23.2 Å². The molecule has 1 aliphatic heterocycles. The minimum Gasteiger partial charge on any atom is -0.338 e. The quantitative estimate of drug-likeness (QED) is 0.422. The zero-order chi connectivity index (χ0) is 26.1. The first-order valence-electron chi connectivity index (χ1n) is 13.1. The van der Waals surface area contributed by atoms with E-state index in [9.17, 15) is 9.59 Å². The Morgan fingerprint density at radius 1 is 1.00 bits per heavy atom. The lowest BCUT2D eigenvalue weighted by Gasteiger charge is -2.21. The van der Waals surface area contributed by atoms with Gasteiger partial charge in [-0.25, -0.2) is 4.98 Å². The van der Waals surface area contributed by atoms with Crippen LogP contribution >= 0.6 is 0 Å². The maximum atomic E-state index is 13.4. The summed E-state index contributed by atoms with van der Waals surface area (Å²) in [5.74, 6) is 0.757. The molecule has 38 heavy (non-hydrogen) atoms. The van der Waals surface area contributed by atoms with Crippen molar-refractivity contribution in [3.05, 3.63) is 123 Å². The number of H-pyrrole nitrogens is 1. The molecule has 1 fully saturated rings. The number of nitrogens with zero attached hydrogens (tertiary/aromatic N) is 3. The SMILES string of the molecule is N#Cc1ccc(-c2cccc(CC(=O)N3CCCc4nc(C5(c6ccccc6)CC5)[nH]c(=O)c4C3)c2)cc1. The van der Waals surface area contributed by atoms with Crippen LogP contribution in [0.4, 0.5) is 0 Å². The molecular weight excluding hydrogens is 472 g/mol. The average Bonchev–Trinajstić information content (AvgIpc) is 3.78. The van der Waals surface area contributed by atoms with Gasteiger partial charge in [0.1, 0.15) is 5.82 Å². The first kappa shape index (κ1) is 23.9. The number of carbonyl (C=O) groups is 1. The average molecular weight is 501 g/mol. The summed E-state index contributed by atoms with van der Waals surface area (Å²) in [5, 5.41) is 9.05. The highest BCUT2D eigenvalue weighted by atomic mass is 16.2. The Labute approximate surface area is 221 Å². The normalized spacial score (nSPS) is 15.7. The number of aromatic nitrogens is 2. The number of aromatic amines is 1. The lowest BCUT2D eigenvalue weighted by molar-refractivity contribution is -0.131. The maximum absolute atomic E-state index is 13.4. The number of rotatable bonds is 5. The molecule has 0 saturated heterocycles. The number of hydrogen-bond donors (Lipinski definition) is 1. The van der Waals surface area contributed by atoms with Crippen molar-refractivity contribution in [2.24, 2.45) is 0 Å². The standard InChI is InChI=1S/C32H28N4O2/c33-20-22-11-13-24(14-12-22)25-7-4-6-23(18-25)19-29(37)36-17-5-10-28-27(21-36)30(38)35-31(34-28)32(15-16-32)26-8-2-1-3-9-26/h1-4,6-9,11-14,18H,5,10,15-17,19,21H2,(H,34,35,38). The number of nitrogens with one attached hydrogen (secondary N) is 1. The third kappa shape index (κ3) is 4.52. The van der Waals surface area contributed by atoms with E-state index in [1.165, 1.54) is 5.56 Å². The highest BCUT2D eigenvalue weighted by molar-refractivity contribution is 5.79. The Balaban J connectivity index is 1.21.